The monoisotopic (exact) mass is 346 g/mol. The van der Waals surface area contributed by atoms with Gasteiger partial charge in [-0.05, 0) is 18.9 Å². The maximum absolute atomic E-state index is 12.4. The molecule has 7 nitrogen and oxygen atoms in total. The lowest BCUT2D eigenvalue weighted by Crippen LogP contribution is -2.32. The van der Waals surface area contributed by atoms with E-state index >= 15 is 0 Å². The second kappa shape index (κ2) is 7.92. The molecule has 134 valence electrons. The molecule has 1 heterocycles. The van der Waals surface area contributed by atoms with Gasteiger partial charge in [0.1, 0.15) is 0 Å². The van der Waals surface area contributed by atoms with Crippen LogP contribution in [0.5, 0.6) is 0 Å². The SMILES string of the molecule is CCCCCCN1C(=O)C(O)=C(C(C)=O)[C@@H]1c1cccc([N+](=O)[O-])c1. The second-order valence-electron chi connectivity index (χ2n) is 6.13. The van der Waals surface area contributed by atoms with Crippen LogP contribution in [0.1, 0.15) is 51.1 Å². The van der Waals surface area contributed by atoms with E-state index in [2.05, 4.69) is 6.92 Å². The van der Waals surface area contributed by atoms with E-state index in [0.717, 1.165) is 25.7 Å². The summed E-state index contributed by atoms with van der Waals surface area (Å²) < 4.78 is 0. The van der Waals surface area contributed by atoms with Crippen molar-refractivity contribution in [2.24, 2.45) is 0 Å². The van der Waals surface area contributed by atoms with E-state index in [0.29, 0.717) is 12.1 Å². The second-order valence-corrected chi connectivity index (χ2v) is 6.13. The minimum Gasteiger partial charge on any atom is -0.503 e. The number of benzene rings is 1. The normalized spacial score (nSPS) is 17.3. The van der Waals surface area contributed by atoms with Crippen molar-refractivity contribution in [3.05, 3.63) is 51.3 Å². The largest absolute Gasteiger partial charge is 0.503 e. The van der Waals surface area contributed by atoms with Gasteiger partial charge in [0.15, 0.2) is 11.5 Å². The van der Waals surface area contributed by atoms with Gasteiger partial charge in [0.2, 0.25) is 0 Å². The van der Waals surface area contributed by atoms with Crippen molar-refractivity contribution in [2.45, 2.75) is 45.6 Å². The average Bonchev–Trinajstić information content (AvgIpc) is 2.83. The summed E-state index contributed by atoms with van der Waals surface area (Å²) in [6.07, 6.45) is 3.74. The highest BCUT2D eigenvalue weighted by atomic mass is 16.6. The zero-order valence-corrected chi connectivity index (χ0v) is 14.4. The van der Waals surface area contributed by atoms with Crippen LogP contribution in [0.4, 0.5) is 5.69 Å². The van der Waals surface area contributed by atoms with E-state index in [1.165, 1.54) is 30.0 Å². The van der Waals surface area contributed by atoms with Crippen molar-refractivity contribution in [2.75, 3.05) is 6.54 Å². The van der Waals surface area contributed by atoms with E-state index in [9.17, 15) is 24.8 Å². The summed E-state index contributed by atoms with van der Waals surface area (Å²) >= 11 is 0. The van der Waals surface area contributed by atoms with Crippen LogP contribution >= 0.6 is 0 Å². The average molecular weight is 346 g/mol. The first-order valence-corrected chi connectivity index (χ1v) is 8.37. The molecule has 1 aliphatic heterocycles. The number of nitro groups is 1. The lowest BCUT2D eigenvalue weighted by molar-refractivity contribution is -0.384. The molecule has 25 heavy (non-hydrogen) atoms. The fraction of sp³-hybridized carbons (Fsp3) is 0.444. The van der Waals surface area contributed by atoms with Gasteiger partial charge in [-0.15, -0.1) is 0 Å². The molecule has 0 fully saturated rings. The van der Waals surface area contributed by atoms with Crippen LogP contribution in [-0.2, 0) is 9.59 Å². The van der Waals surface area contributed by atoms with Gasteiger partial charge in [0.05, 0.1) is 16.5 Å². The number of rotatable bonds is 8. The lowest BCUT2D eigenvalue weighted by atomic mass is 9.96. The number of nitro benzene ring substituents is 1. The third-order valence-electron chi connectivity index (χ3n) is 4.33. The van der Waals surface area contributed by atoms with E-state index in [-0.39, 0.29) is 11.3 Å². The summed E-state index contributed by atoms with van der Waals surface area (Å²) in [4.78, 5) is 36.4. The molecule has 0 unspecified atom stereocenters. The van der Waals surface area contributed by atoms with E-state index in [1.807, 2.05) is 0 Å². The van der Waals surface area contributed by atoms with Crippen LogP contribution in [0.3, 0.4) is 0 Å². The highest BCUT2D eigenvalue weighted by Crippen LogP contribution is 2.38. The molecule has 0 spiro atoms. The fourth-order valence-corrected chi connectivity index (χ4v) is 3.11. The fourth-order valence-electron chi connectivity index (χ4n) is 3.11. The molecule has 1 aliphatic rings. The minimum atomic E-state index is -0.786. The van der Waals surface area contributed by atoms with Gasteiger partial charge in [0.25, 0.3) is 11.6 Å². The minimum absolute atomic E-state index is 0.000916. The van der Waals surface area contributed by atoms with Crippen LogP contribution in [0.2, 0.25) is 0 Å². The summed E-state index contributed by atoms with van der Waals surface area (Å²) in [5.41, 5.74) is 0.332. The van der Waals surface area contributed by atoms with Gasteiger partial charge in [-0.3, -0.25) is 19.7 Å². The summed E-state index contributed by atoms with van der Waals surface area (Å²) in [6.45, 7) is 3.74. The summed E-state index contributed by atoms with van der Waals surface area (Å²) in [5.74, 6) is -1.57. The molecule has 0 saturated heterocycles. The third kappa shape index (κ3) is 3.87. The third-order valence-corrected chi connectivity index (χ3v) is 4.33. The quantitative estimate of drug-likeness (QED) is 0.441. The number of hydrogen-bond donors (Lipinski definition) is 1. The molecule has 7 heteroatoms. The van der Waals surface area contributed by atoms with Crippen molar-refractivity contribution >= 4 is 17.4 Å². The van der Waals surface area contributed by atoms with Crippen LogP contribution in [0, 0.1) is 10.1 Å². The Balaban J connectivity index is 2.39. The number of aliphatic hydroxyl groups excluding tert-OH is 1. The Morgan fingerprint density at radius 1 is 1.32 bits per heavy atom. The van der Waals surface area contributed by atoms with Crippen LogP contribution in [0.25, 0.3) is 0 Å². The first kappa shape index (κ1) is 18.6. The van der Waals surface area contributed by atoms with Gasteiger partial charge >= 0.3 is 0 Å². The van der Waals surface area contributed by atoms with Gasteiger partial charge in [-0.25, -0.2) is 0 Å². The molecule has 1 amide bonds. The number of hydrogen-bond acceptors (Lipinski definition) is 5. The first-order chi connectivity index (χ1) is 11.9. The molecule has 0 radical (unpaired) electrons. The Hall–Kier alpha value is -2.70. The van der Waals surface area contributed by atoms with Gasteiger partial charge in [-0.2, -0.15) is 0 Å². The Kier molecular flexibility index (Phi) is 5.90. The number of carbonyl (C=O) groups is 2. The lowest BCUT2D eigenvalue weighted by Gasteiger charge is -2.26. The Bertz CT molecular complexity index is 726. The molecule has 0 bridgehead atoms. The molecule has 0 saturated carbocycles. The van der Waals surface area contributed by atoms with Crippen molar-refractivity contribution in [1.29, 1.82) is 0 Å². The first-order valence-electron chi connectivity index (χ1n) is 8.37. The zero-order valence-electron chi connectivity index (χ0n) is 14.4. The van der Waals surface area contributed by atoms with Gasteiger partial charge < -0.3 is 10.0 Å². The van der Waals surface area contributed by atoms with E-state index in [1.54, 1.807) is 6.07 Å². The summed E-state index contributed by atoms with van der Waals surface area (Å²) in [6, 6.07) is 5.05. The Morgan fingerprint density at radius 2 is 2.04 bits per heavy atom. The van der Waals surface area contributed by atoms with Gasteiger partial charge in [-0.1, -0.05) is 38.3 Å². The Morgan fingerprint density at radius 3 is 2.64 bits per heavy atom. The highest BCUT2D eigenvalue weighted by Gasteiger charge is 2.42. The molecule has 1 atom stereocenters. The summed E-state index contributed by atoms with van der Waals surface area (Å²) in [5, 5.41) is 21.2. The number of non-ortho nitro benzene ring substituents is 1. The topological polar surface area (TPSA) is 101 Å². The van der Waals surface area contributed by atoms with Crippen molar-refractivity contribution < 1.29 is 19.6 Å². The molecule has 0 aliphatic carbocycles. The predicted molar refractivity (Wildman–Crippen MR) is 92.0 cm³/mol. The van der Waals surface area contributed by atoms with Crippen molar-refractivity contribution in [1.82, 2.24) is 4.90 Å². The maximum Gasteiger partial charge on any atom is 0.290 e. The molecule has 2 rings (SSSR count). The molecule has 1 N–H and O–H groups in total. The smallest absolute Gasteiger partial charge is 0.290 e. The van der Waals surface area contributed by atoms with Crippen molar-refractivity contribution in [3.63, 3.8) is 0 Å². The Labute approximate surface area is 146 Å². The van der Waals surface area contributed by atoms with Crippen molar-refractivity contribution in [3.8, 4) is 0 Å². The van der Waals surface area contributed by atoms with Crippen LogP contribution in [0.15, 0.2) is 35.6 Å². The van der Waals surface area contributed by atoms with E-state index < -0.39 is 28.4 Å². The molecule has 0 aromatic heterocycles. The van der Waals surface area contributed by atoms with Gasteiger partial charge in [0, 0.05) is 18.7 Å². The molecule has 1 aromatic carbocycles. The standard InChI is InChI=1S/C18H22N2O5/c1-3-4-5-6-10-19-16(15(12(2)21)17(22)18(19)23)13-8-7-9-14(11-13)20(24)25/h7-9,11,16,22H,3-6,10H2,1-2H3/t16-/m0/s1. The number of ketones is 1. The highest BCUT2D eigenvalue weighted by molar-refractivity contribution is 6.08. The number of unbranched alkanes of at least 4 members (excludes halogenated alkanes) is 3. The van der Waals surface area contributed by atoms with Crippen LogP contribution in [-0.4, -0.2) is 33.2 Å². The molecular formula is C18H22N2O5. The predicted octanol–water partition coefficient (Wildman–Crippen LogP) is 3.46. The van der Waals surface area contributed by atoms with Crippen LogP contribution < -0.4 is 0 Å². The number of carbonyl (C=O) groups excluding carboxylic acids is 2. The number of aliphatic hydroxyl groups is 1. The number of nitrogens with zero attached hydrogens (tertiary/aromatic N) is 2. The van der Waals surface area contributed by atoms with E-state index in [4.69, 9.17) is 0 Å². The number of amides is 1. The summed E-state index contributed by atoms with van der Waals surface area (Å²) in [7, 11) is 0. The molecule has 1 aromatic rings. The maximum atomic E-state index is 12.4. The zero-order chi connectivity index (χ0) is 18.6. The number of Topliss-reactive ketones (excluding diaryl/α,β-unsaturated/α-hetero) is 1. The molecular weight excluding hydrogens is 324 g/mol.